The van der Waals surface area contributed by atoms with Crippen LogP contribution in [0.2, 0.25) is 0 Å². The van der Waals surface area contributed by atoms with Crippen LogP contribution >= 0.6 is 0 Å². The minimum absolute atomic E-state index is 0.0273. The van der Waals surface area contributed by atoms with Crippen LogP contribution in [0.25, 0.3) is 10.9 Å². The maximum Gasteiger partial charge on any atom is 0.301 e. The van der Waals surface area contributed by atoms with Crippen molar-refractivity contribution in [1.29, 1.82) is 5.26 Å². The van der Waals surface area contributed by atoms with Crippen molar-refractivity contribution in [2.24, 2.45) is 5.41 Å². The van der Waals surface area contributed by atoms with Gasteiger partial charge >= 0.3 is 10.2 Å². The van der Waals surface area contributed by atoms with Gasteiger partial charge in [-0.25, -0.2) is 13.8 Å². The van der Waals surface area contributed by atoms with Crippen LogP contribution in [0.3, 0.4) is 0 Å². The van der Waals surface area contributed by atoms with Crippen LogP contribution in [0.4, 0.5) is 14.5 Å². The highest BCUT2D eigenvalue weighted by molar-refractivity contribution is 7.90. The molecule has 2 fully saturated rings. The maximum absolute atomic E-state index is 14.7. The standard InChI is InChI=1S/C23H21F2N5O4S/c24-8-9-29-14-27-19-4-2-15(10-16(19)22(29)31)34-21-17(11-26)20(5-3-18(21)25)28-35(32,33)30-12-23(13-30)6-1-7-23/h2-5,10,14,28H,1,6-9,12-13H2. The molecule has 0 atom stereocenters. The first kappa shape index (κ1) is 23.2. The van der Waals surface area contributed by atoms with E-state index in [9.17, 15) is 27.3 Å². The number of nitrogens with zero attached hydrogens (tertiary/aromatic N) is 4. The van der Waals surface area contributed by atoms with Crippen molar-refractivity contribution in [3.05, 3.63) is 58.4 Å². The molecule has 3 aromatic rings. The van der Waals surface area contributed by atoms with Crippen molar-refractivity contribution in [2.75, 3.05) is 24.5 Å². The van der Waals surface area contributed by atoms with Gasteiger partial charge in [0.25, 0.3) is 5.56 Å². The summed E-state index contributed by atoms with van der Waals surface area (Å²) in [6.45, 7) is -0.0821. The number of aryl methyl sites for hydroxylation is 1. The zero-order chi connectivity index (χ0) is 24.8. The van der Waals surface area contributed by atoms with Crippen molar-refractivity contribution in [3.8, 4) is 17.6 Å². The van der Waals surface area contributed by atoms with E-state index in [4.69, 9.17) is 4.74 Å². The summed E-state index contributed by atoms with van der Waals surface area (Å²) in [7, 11) is -3.93. The van der Waals surface area contributed by atoms with E-state index in [2.05, 4.69) is 9.71 Å². The lowest BCUT2D eigenvalue weighted by atomic mass is 9.65. The third kappa shape index (κ3) is 4.11. The molecule has 1 saturated heterocycles. The molecule has 1 aromatic heterocycles. The fraction of sp³-hybridized carbons (Fsp3) is 0.348. The lowest BCUT2D eigenvalue weighted by Crippen LogP contribution is -2.62. The second-order valence-corrected chi connectivity index (χ2v) is 10.5. The lowest BCUT2D eigenvalue weighted by Gasteiger charge is -2.54. The normalized spacial score (nSPS) is 16.9. The van der Waals surface area contributed by atoms with E-state index in [0.717, 1.165) is 36.0 Å². The highest BCUT2D eigenvalue weighted by Crippen LogP contribution is 2.49. The molecule has 1 spiro atoms. The Hall–Kier alpha value is -3.56. The summed E-state index contributed by atoms with van der Waals surface area (Å²) in [5.74, 6) is -1.35. The molecule has 0 amide bonds. The van der Waals surface area contributed by atoms with Crippen molar-refractivity contribution >= 4 is 26.8 Å². The molecule has 35 heavy (non-hydrogen) atoms. The van der Waals surface area contributed by atoms with Crippen molar-refractivity contribution in [1.82, 2.24) is 13.9 Å². The molecule has 0 unspecified atom stereocenters. The van der Waals surface area contributed by atoms with E-state index >= 15 is 0 Å². The first-order valence-corrected chi connectivity index (χ1v) is 12.4. The van der Waals surface area contributed by atoms with Crippen LogP contribution in [0.5, 0.6) is 11.5 Å². The van der Waals surface area contributed by atoms with E-state index in [-0.39, 0.29) is 34.3 Å². The third-order valence-corrected chi connectivity index (χ3v) is 7.99. The highest BCUT2D eigenvalue weighted by atomic mass is 32.2. The van der Waals surface area contributed by atoms with Crippen molar-refractivity contribution in [3.63, 3.8) is 0 Å². The van der Waals surface area contributed by atoms with Crippen LogP contribution in [0.1, 0.15) is 24.8 Å². The van der Waals surface area contributed by atoms with E-state index in [0.29, 0.717) is 18.6 Å². The molecule has 182 valence electrons. The third-order valence-electron chi connectivity index (χ3n) is 6.58. The molecule has 2 aromatic carbocycles. The molecule has 2 aliphatic rings. The fourth-order valence-corrected chi connectivity index (χ4v) is 5.96. The number of rotatable bonds is 7. The van der Waals surface area contributed by atoms with Crippen LogP contribution in [0, 0.1) is 22.6 Å². The monoisotopic (exact) mass is 501 g/mol. The summed E-state index contributed by atoms with van der Waals surface area (Å²) >= 11 is 0. The molecular formula is C23H21F2N5O4S. The van der Waals surface area contributed by atoms with Gasteiger partial charge in [0.15, 0.2) is 11.6 Å². The lowest BCUT2D eigenvalue weighted by molar-refractivity contribution is -0.00752. The molecule has 1 aliphatic carbocycles. The second kappa shape index (κ2) is 8.58. The summed E-state index contributed by atoms with van der Waals surface area (Å²) < 4.78 is 63.4. The smallest absolute Gasteiger partial charge is 0.301 e. The largest absolute Gasteiger partial charge is 0.453 e. The van der Waals surface area contributed by atoms with Gasteiger partial charge in [-0.15, -0.1) is 0 Å². The summed E-state index contributed by atoms with van der Waals surface area (Å²) in [5.41, 5.74) is -0.560. The van der Waals surface area contributed by atoms with E-state index in [1.807, 2.05) is 0 Å². The molecule has 12 heteroatoms. The molecular weight excluding hydrogens is 480 g/mol. The van der Waals surface area contributed by atoms with Gasteiger partial charge in [-0.1, -0.05) is 6.42 Å². The predicted molar refractivity (Wildman–Crippen MR) is 124 cm³/mol. The zero-order valence-corrected chi connectivity index (χ0v) is 19.3. The van der Waals surface area contributed by atoms with E-state index in [1.54, 1.807) is 6.07 Å². The number of ether oxygens (including phenoxy) is 1. The summed E-state index contributed by atoms with van der Waals surface area (Å²) in [6, 6.07) is 8.19. The van der Waals surface area contributed by atoms with Crippen molar-refractivity contribution in [2.45, 2.75) is 25.8 Å². The summed E-state index contributed by atoms with van der Waals surface area (Å²) in [4.78, 5) is 16.7. The minimum Gasteiger partial charge on any atom is -0.453 e. The average Bonchev–Trinajstić information content (AvgIpc) is 2.76. The Morgan fingerprint density at radius 2 is 2.00 bits per heavy atom. The number of benzene rings is 2. The Labute approximate surface area is 199 Å². The maximum atomic E-state index is 14.7. The van der Waals surface area contributed by atoms with Gasteiger partial charge in [-0.05, 0) is 48.6 Å². The molecule has 1 saturated carbocycles. The first-order valence-electron chi connectivity index (χ1n) is 11.0. The molecule has 1 aliphatic heterocycles. The number of nitrogens with one attached hydrogen (secondary N) is 1. The Kier molecular flexibility index (Phi) is 5.69. The van der Waals surface area contributed by atoms with Gasteiger partial charge in [0.2, 0.25) is 0 Å². The molecule has 0 radical (unpaired) electrons. The topological polar surface area (TPSA) is 117 Å². The number of alkyl halides is 1. The Morgan fingerprint density at radius 3 is 2.66 bits per heavy atom. The van der Waals surface area contributed by atoms with Gasteiger partial charge < -0.3 is 4.74 Å². The Morgan fingerprint density at radius 1 is 1.23 bits per heavy atom. The van der Waals surface area contributed by atoms with Gasteiger partial charge in [0, 0.05) is 13.1 Å². The number of hydrogen-bond acceptors (Lipinski definition) is 6. The first-order chi connectivity index (χ1) is 16.7. The Bertz CT molecular complexity index is 1520. The van der Waals surface area contributed by atoms with E-state index < -0.39 is 34.0 Å². The van der Waals surface area contributed by atoms with Gasteiger partial charge in [-0.3, -0.25) is 14.1 Å². The van der Waals surface area contributed by atoms with Crippen LogP contribution in [0.15, 0.2) is 41.5 Å². The van der Waals surface area contributed by atoms with Gasteiger partial charge in [-0.2, -0.15) is 18.0 Å². The molecule has 0 bridgehead atoms. The number of anilines is 1. The van der Waals surface area contributed by atoms with Crippen LogP contribution < -0.4 is 15.0 Å². The number of nitriles is 1. The van der Waals surface area contributed by atoms with Crippen LogP contribution in [-0.2, 0) is 16.8 Å². The number of aromatic nitrogens is 2. The number of fused-ring (bicyclic) bond motifs is 1. The SMILES string of the molecule is N#Cc1c(NS(=O)(=O)N2CC3(CCC3)C2)ccc(F)c1Oc1ccc2ncn(CCF)c(=O)c2c1. The molecule has 2 heterocycles. The molecule has 1 N–H and O–H groups in total. The van der Waals surface area contributed by atoms with Crippen molar-refractivity contribution < 1.29 is 21.9 Å². The summed E-state index contributed by atoms with van der Waals surface area (Å²) in [6.07, 6.45) is 4.32. The Balaban J connectivity index is 1.45. The van der Waals surface area contributed by atoms with Gasteiger partial charge in [0.1, 0.15) is 24.1 Å². The highest BCUT2D eigenvalue weighted by Gasteiger charge is 2.51. The summed E-state index contributed by atoms with van der Waals surface area (Å²) in [5, 5.41) is 9.83. The fourth-order valence-electron chi connectivity index (χ4n) is 4.49. The number of hydrogen-bond donors (Lipinski definition) is 1. The van der Waals surface area contributed by atoms with Crippen LogP contribution in [-0.4, -0.2) is 42.0 Å². The molecule has 9 nitrogen and oxygen atoms in total. The zero-order valence-electron chi connectivity index (χ0n) is 18.5. The average molecular weight is 502 g/mol. The second-order valence-electron chi connectivity index (χ2n) is 8.85. The van der Waals surface area contributed by atoms with Gasteiger partial charge in [0.05, 0.1) is 29.5 Å². The predicted octanol–water partition coefficient (Wildman–Crippen LogP) is 3.31. The quantitative estimate of drug-likeness (QED) is 0.531. The minimum atomic E-state index is -3.93. The molecule has 5 rings (SSSR count). The van der Waals surface area contributed by atoms with E-state index in [1.165, 1.54) is 28.8 Å². The number of halogens is 2.